The van der Waals surface area contributed by atoms with E-state index in [0.29, 0.717) is 30.8 Å². The Morgan fingerprint density at radius 2 is 1.59 bits per heavy atom. The van der Waals surface area contributed by atoms with E-state index < -0.39 is 10.0 Å². The molecule has 1 aromatic carbocycles. The topological polar surface area (TPSA) is 60.9 Å². The Labute approximate surface area is 176 Å². The minimum Gasteiger partial charge on any atom is -0.341 e. The highest BCUT2D eigenvalue weighted by molar-refractivity contribution is 7.89. The molecule has 1 heterocycles. The number of carbonyl (C=O) groups is 1. The highest BCUT2D eigenvalue weighted by atomic mass is 32.2. The summed E-state index contributed by atoms with van der Waals surface area (Å²) in [4.78, 5) is 17.3. The lowest BCUT2D eigenvalue weighted by Gasteiger charge is -2.26. The van der Waals surface area contributed by atoms with Crippen LogP contribution in [0.4, 0.5) is 0 Å². The summed E-state index contributed by atoms with van der Waals surface area (Å²) in [6, 6.07) is 7.04. The molecule has 1 aliphatic rings. The van der Waals surface area contributed by atoms with Crippen LogP contribution >= 0.6 is 0 Å². The number of aryl methyl sites for hydroxylation is 1. The molecule has 1 saturated heterocycles. The third-order valence-electron chi connectivity index (χ3n) is 5.68. The maximum absolute atomic E-state index is 12.7. The fourth-order valence-electron chi connectivity index (χ4n) is 3.75. The van der Waals surface area contributed by atoms with Crippen LogP contribution in [0.2, 0.25) is 0 Å². The van der Waals surface area contributed by atoms with Gasteiger partial charge in [-0.05, 0) is 56.5 Å². The molecule has 164 valence electrons. The minimum atomic E-state index is -3.37. The second-order valence-corrected chi connectivity index (χ2v) is 9.60. The zero-order valence-electron chi connectivity index (χ0n) is 18.3. The first kappa shape index (κ1) is 23.8. The summed E-state index contributed by atoms with van der Waals surface area (Å²) in [5.41, 5.74) is 0.999. The van der Waals surface area contributed by atoms with Crippen LogP contribution in [0.5, 0.6) is 0 Å². The van der Waals surface area contributed by atoms with Gasteiger partial charge in [-0.15, -0.1) is 0 Å². The van der Waals surface area contributed by atoms with Crippen molar-refractivity contribution >= 4 is 15.9 Å². The van der Waals surface area contributed by atoms with E-state index in [2.05, 4.69) is 25.7 Å². The molecule has 0 unspecified atom stereocenters. The molecule has 0 saturated carbocycles. The lowest BCUT2D eigenvalue weighted by Crippen LogP contribution is -2.39. The van der Waals surface area contributed by atoms with E-state index >= 15 is 0 Å². The molecule has 6 nitrogen and oxygen atoms in total. The predicted octanol–water partition coefficient (Wildman–Crippen LogP) is 2.98. The van der Waals surface area contributed by atoms with Gasteiger partial charge in [0.1, 0.15) is 0 Å². The maximum Gasteiger partial charge on any atom is 0.243 e. The van der Waals surface area contributed by atoms with Gasteiger partial charge in [0.2, 0.25) is 15.9 Å². The van der Waals surface area contributed by atoms with Crippen LogP contribution in [0.1, 0.15) is 52.0 Å². The van der Waals surface area contributed by atoms with Crippen molar-refractivity contribution in [3.8, 4) is 0 Å². The Balaban J connectivity index is 1.91. The van der Waals surface area contributed by atoms with Gasteiger partial charge in [0.15, 0.2) is 0 Å². The molecule has 0 atom stereocenters. The number of hydrogen-bond acceptors (Lipinski definition) is 4. The quantitative estimate of drug-likeness (QED) is 0.519. The molecule has 0 aromatic heterocycles. The number of sulfonamides is 1. The second kappa shape index (κ2) is 11.7. The molecule has 0 radical (unpaired) electrons. The van der Waals surface area contributed by atoms with E-state index in [1.54, 1.807) is 16.4 Å². The number of benzene rings is 1. The van der Waals surface area contributed by atoms with E-state index in [0.717, 1.165) is 57.5 Å². The number of hydrogen-bond donors (Lipinski definition) is 0. The predicted molar refractivity (Wildman–Crippen MR) is 117 cm³/mol. The van der Waals surface area contributed by atoms with E-state index in [-0.39, 0.29) is 5.91 Å². The Hall–Kier alpha value is -1.44. The molecule has 0 bridgehead atoms. The van der Waals surface area contributed by atoms with Gasteiger partial charge in [-0.3, -0.25) is 4.79 Å². The molecular formula is C22H37N3O3S. The number of amides is 1. The molecule has 0 aliphatic carbocycles. The van der Waals surface area contributed by atoms with Crippen molar-refractivity contribution in [2.24, 2.45) is 0 Å². The van der Waals surface area contributed by atoms with Crippen molar-refractivity contribution in [3.05, 3.63) is 29.8 Å². The molecule has 0 N–H and O–H groups in total. The third-order valence-corrected chi connectivity index (χ3v) is 7.59. The van der Waals surface area contributed by atoms with Gasteiger partial charge in [-0.1, -0.05) is 32.9 Å². The summed E-state index contributed by atoms with van der Waals surface area (Å²) in [5, 5.41) is 0. The fraction of sp³-hybridized carbons (Fsp3) is 0.682. The average Bonchev–Trinajstić information content (AvgIpc) is 3.28. The number of carbonyl (C=O) groups excluding carboxylic acids is 1. The van der Waals surface area contributed by atoms with E-state index in [9.17, 15) is 13.2 Å². The maximum atomic E-state index is 12.7. The Morgan fingerprint density at radius 3 is 2.14 bits per heavy atom. The van der Waals surface area contributed by atoms with Crippen LogP contribution in [0.15, 0.2) is 29.2 Å². The average molecular weight is 424 g/mol. The highest BCUT2D eigenvalue weighted by Crippen LogP contribution is 2.21. The number of likely N-dealkylation sites (N-methyl/N-ethyl adjacent to an activating group) is 1. The van der Waals surface area contributed by atoms with Crippen LogP contribution in [-0.2, 0) is 21.2 Å². The van der Waals surface area contributed by atoms with Gasteiger partial charge in [-0.2, -0.15) is 4.31 Å². The van der Waals surface area contributed by atoms with Crippen LogP contribution in [0.25, 0.3) is 0 Å². The lowest BCUT2D eigenvalue weighted by atomic mass is 10.1. The van der Waals surface area contributed by atoms with Crippen LogP contribution < -0.4 is 0 Å². The first-order valence-corrected chi connectivity index (χ1v) is 12.5. The van der Waals surface area contributed by atoms with Crippen molar-refractivity contribution in [2.45, 2.75) is 57.8 Å². The molecule has 1 amide bonds. The summed E-state index contributed by atoms with van der Waals surface area (Å²) < 4.78 is 26.8. The van der Waals surface area contributed by atoms with Gasteiger partial charge in [0.25, 0.3) is 0 Å². The van der Waals surface area contributed by atoms with Gasteiger partial charge < -0.3 is 9.80 Å². The fourth-order valence-corrected chi connectivity index (χ4v) is 5.27. The zero-order chi connectivity index (χ0) is 21.3. The molecule has 2 rings (SSSR count). The van der Waals surface area contributed by atoms with Crippen molar-refractivity contribution in [2.75, 3.05) is 45.8 Å². The summed E-state index contributed by atoms with van der Waals surface area (Å²) in [5.74, 6) is 0.174. The van der Waals surface area contributed by atoms with Crippen molar-refractivity contribution in [3.63, 3.8) is 0 Å². The number of nitrogens with zero attached hydrogens (tertiary/aromatic N) is 3. The summed E-state index contributed by atoms with van der Waals surface area (Å²) in [6.45, 7) is 12.0. The smallest absolute Gasteiger partial charge is 0.243 e. The normalized spacial score (nSPS) is 15.2. The Bertz CT molecular complexity index is 724. The Morgan fingerprint density at radius 1 is 0.966 bits per heavy atom. The minimum absolute atomic E-state index is 0.174. The van der Waals surface area contributed by atoms with Crippen molar-refractivity contribution in [1.29, 1.82) is 0 Å². The largest absolute Gasteiger partial charge is 0.341 e. The highest BCUT2D eigenvalue weighted by Gasteiger charge is 2.26. The van der Waals surface area contributed by atoms with Crippen molar-refractivity contribution in [1.82, 2.24) is 14.1 Å². The summed E-state index contributed by atoms with van der Waals surface area (Å²) >= 11 is 0. The molecule has 1 aromatic rings. The van der Waals surface area contributed by atoms with Gasteiger partial charge in [-0.25, -0.2) is 8.42 Å². The summed E-state index contributed by atoms with van der Waals surface area (Å²) in [6.07, 6.45) is 3.90. The SMILES string of the molecule is CCCN(CCN(CC)CC)C(=O)CCc1ccc(S(=O)(=O)N2CCCC2)cc1. The van der Waals surface area contributed by atoms with E-state index in [1.807, 2.05) is 17.0 Å². The monoisotopic (exact) mass is 423 g/mol. The summed E-state index contributed by atoms with van der Waals surface area (Å²) in [7, 11) is -3.37. The van der Waals surface area contributed by atoms with Crippen LogP contribution in [-0.4, -0.2) is 74.2 Å². The van der Waals surface area contributed by atoms with Gasteiger partial charge in [0.05, 0.1) is 4.90 Å². The first-order chi connectivity index (χ1) is 13.9. The van der Waals surface area contributed by atoms with Gasteiger partial charge in [0, 0.05) is 39.1 Å². The molecule has 29 heavy (non-hydrogen) atoms. The van der Waals surface area contributed by atoms with Crippen LogP contribution in [0, 0.1) is 0 Å². The third kappa shape index (κ3) is 6.79. The second-order valence-electron chi connectivity index (χ2n) is 7.66. The standard InChI is InChI=1S/C22H37N3O3S/c1-4-15-24(19-18-23(5-2)6-3)22(26)14-11-20-9-12-21(13-10-20)29(27,28)25-16-7-8-17-25/h9-10,12-13H,4-8,11,14-19H2,1-3H3. The molecule has 7 heteroatoms. The van der Waals surface area contributed by atoms with E-state index in [1.165, 1.54) is 0 Å². The van der Waals surface area contributed by atoms with Crippen LogP contribution in [0.3, 0.4) is 0 Å². The first-order valence-electron chi connectivity index (χ1n) is 11.0. The zero-order valence-corrected chi connectivity index (χ0v) is 19.1. The lowest BCUT2D eigenvalue weighted by molar-refractivity contribution is -0.131. The molecule has 1 aliphatic heterocycles. The van der Waals surface area contributed by atoms with E-state index in [4.69, 9.17) is 0 Å². The molecule has 0 spiro atoms. The van der Waals surface area contributed by atoms with Crippen molar-refractivity contribution < 1.29 is 13.2 Å². The van der Waals surface area contributed by atoms with Gasteiger partial charge >= 0.3 is 0 Å². The number of rotatable bonds is 12. The molecular weight excluding hydrogens is 386 g/mol. The molecule has 1 fully saturated rings. The Kier molecular flexibility index (Phi) is 9.59.